The van der Waals surface area contributed by atoms with E-state index in [0.717, 1.165) is 65.0 Å². The zero-order valence-electron chi connectivity index (χ0n) is 72.1. The average Bonchev–Trinajstić information content (AvgIpc) is 0.816. The second-order valence-electron chi connectivity index (χ2n) is 25.3. The Labute approximate surface area is 718 Å². The number of benzene rings is 6. The third kappa shape index (κ3) is 54.6. The molecule has 670 valence electrons. The van der Waals surface area contributed by atoms with Crippen LogP contribution in [-0.2, 0) is 144 Å². The Hall–Kier alpha value is -9.31. The summed E-state index contributed by atoms with van der Waals surface area (Å²) in [4.78, 5) is 77.3. The van der Waals surface area contributed by atoms with Crippen molar-refractivity contribution in [2.75, 3.05) is 59.5 Å². The Morgan fingerprint density at radius 1 is 0.413 bits per heavy atom. The zero-order valence-corrected chi connectivity index (χ0v) is 73.8. The first-order valence-electron chi connectivity index (χ1n) is 40.4. The summed E-state index contributed by atoms with van der Waals surface area (Å²) >= 11 is 4.51. The highest BCUT2D eigenvalue weighted by molar-refractivity contribution is 7.54. The highest BCUT2D eigenvalue weighted by Gasteiger charge is 2.50. The molecule has 0 aliphatic rings. The van der Waals surface area contributed by atoms with Crippen molar-refractivity contribution in [1.29, 1.82) is 0 Å². The molecule has 6 rings (SSSR count). The van der Waals surface area contributed by atoms with Gasteiger partial charge in [-0.15, -0.1) is 6.58 Å². The van der Waals surface area contributed by atoms with Gasteiger partial charge in [-0.25, -0.2) is 24.0 Å². The fraction of sp³-hybridized carbons (Fsp3) is 0.452. The topological polar surface area (TPSA) is 266 Å². The molecule has 0 amide bonds. The summed E-state index contributed by atoms with van der Waals surface area (Å²) in [6, 6.07) is 58.4. The van der Waals surface area contributed by atoms with E-state index in [1.165, 1.54) is 32.3 Å². The number of hydrogen-bond acceptors (Lipinski definition) is 22. The number of alkyl halides is 5. The van der Waals surface area contributed by atoms with Gasteiger partial charge in [-0.05, 0) is 143 Å². The number of rotatable bonds is 48. The van der Waals surface area contributed by atoms with E-state index < -0.39 is 54.9 Å². The summed E-state index contributed by atoms with van der Waals surface area (Å²) in [5, 5.41) is -3.98. The van der Waals surface area contributed by atoms with Crippen LogP contribution >= 0.6 is 19.2 Å². The molecule has 0 heterocycles. The van der Waals surface area contributed by atoms with Gasteiger partial charge in [0.2, 0.25) is 0 Å². The van der Waals surface area contributed by atoms with Crippen molar-refractivity contribution in [1.82, 2.24) is 0 Å². The van der Waals surface area contributed by atoms with Crippen LogP contribution in [-0.4, -0.2) is 150 Å². The maximum atomic E-state index is 14.2. The minimum absolute atomic E-state index is 0.0605. The molecular formula is C93H126ClF4O22P. The van der Waals surface area contributed by atoms with Crippen LogP contribution in [0.4, 0.5) is 17.6 Å². The van der Waals surface area contributed by atoms with Crippen LogP contribution in [0.2, 0.25) is 0 Å². The monoisotopic (exact) mass is 1740 g/mol. The molecule has 28 heteroatoms. The second kappa shape index (κ2) is 70.2. The molecule has 0 spiro atoms. The number of aldehydes is 1. The standard InChI is InChI=1S/C17H22F2O3.C15H17ClF2O3.2C15H20O3.C12H16O3.C11H14O2.C8H17O5P/c1-4-14(17(18,19)16(20)21-6-3)15(5-2)22-12-13-10-8-7-9-11-13;1-2-13(21-11-12-7-4-3-5-8-12)9-6-10-20-14(19)15(16,17)18;2*1-3-14(10-11-15(16)17-4-2)18-12-13-8-6-5-7-9-13;1-3-11(12(13)14-2)15-9-10-7-5-4-6-8-10;1-2-11(8-12)13-9-10-6-4-3-5-7-10;1-4-11-8(9)7-14(10,12-5-2)13-6-3/h4,7-11,14-15H,1,5-6,12H2,2-3H3;3-9,13H,2,10-11H2,1H3;2*5-11,14H,3-4,12H2,1-2H3;4-8,11H,3,9H2,1-2H3;3-8,11H,2,9H2,1H3;4-7H2,1-3H3/b;9-6+;2*11-10+;;;/t14?,15-;13-;2*14-;2*11-;/m000000./s1. The summed E-state index contributed by atoms with van der Waals surface area (Å²) in [6.07, 6.45) is 13.3. The van der Waals surface area contributed by atoms with E-state index in [-0.39, 0.29) is 88.1 Å². The fourth-order valence-corrected chi connectivity index (χ4v) is 11.3. The van der Waals surface area contributed by atoms with Gasteiger partial charge in [0.25, 0.3) is 0 Å². The molecule has 1 unspecified atom stereocenters. The lowest BCUT2D eigenvalue weighted by atomic mass is 9.93. The third-order valence-electron chi connectivity index (χ3n) is 16.1. The van der Waals surface area contributed by atoms with Gasteiger partial charge in [0.15, 0.2) is 6.10 Å². The molecule has 6 aromatic carbocycles. The van der Waals surface area contributed by atoms with E-state index in [1.807, 2.05) is 217 Å². The summed E-state index contributed by atoms with van der Waals surface area (Å²) < 4.78 is 136. The van der Waals surface area contributed by atoms with Crippen molar-refractivity contribution in [2.45, 2.75) is 209 Å². The molecule has 0 bridgehead atoms. The fourth-order valence-electron chi connectivity index (χ4n) is 9.75. The second-order valence-corrected chi connectivity index (χ2v) is 27.9. The van der Waals surface area contributed by atoms with Gasteiger partial charge in [-0.1, -0.05) is 236 Å². The molecule has 0 fully saturated rings. The Bertz CT molecular complexity index is 3720. The molecule has 7 atom stereocenters. The Morgan fingerprint density at radius 2 is 0.744 bits per heavy atom. The number of ether oxygens (including phenoxy) is 12. The first-order chi connectivity index (χ1) is 58.1. The van der Waals surface area contributed by atoms with Crippen molar-refractivity contribution in [3.63, 3.8) is 0 Å². The van der Waals surface area contributed by atoms with Crippen LogP contribution in [0.3, 0.4) is 0 Å². The van der Waals surface area contributed by atoms with Crippen LogP contribution in [0.5, 0.6) is 0 Å². The lowest BCUT2D eigenvalue weighted by Crippen LogP contribution is -2.44. The highest BCUT2D eigenvalue weighted by atomic mass is 35.5. The number of hydrogen-bond donors (Lipinski definition) is 0. The van der Waals surface area contributed by atoms with Crippen LogP contribution in [0.1, 0.15) is 155 Å². The first kappa shape index (κ1) is 112. The number of esters is 6. The van der Waals surface area contributed by atoms with Crippen molar-refractivity contribution in [3.05, 3.63) is 264 Å². The van der Waals surface area contributed by atoms with Crippen LogP contribution < -0.4 is 0 Å². The third-order valence-corrected chi connectivity index (χ3v) is 18.2. The number of carbonyl (C=O) groups is 7. The van der Waals surface area contributed by atoms with Gasteiger partial charge < -0.3 is 70.7 Å². The van der Waals surface area contributed by atoms with Crippen molar-refractivity contribution in [3.8, 4) is 0 Å². The molecule has 0 radical (unpaired) electrons. The molecule has 0 saturated heterocycles. The van der Waals surface area contributed by atoms with Crippen molar-refractivity contribution < 1.29 is 122 Å². The zero-order chi connectivity index (χ0) is 90.4. The van der Waals surface area contributed by atoms with E-state index in [0.29, 0.717) is 65.5 Å². The van der Waals surface area contributed by atoms with Gasteiger partial charge in [-0.2, -0.15) is 17.6 Å². The van der Waals surface area contributed by atoms with Gasteiger partial charge in [0.05, 0.1) is 117 Å². The summed E-state index contributed by atoms with van der Waals surface area (Å²) in [6.45, 7) is 28.9. The smallest absolute Gasteiger partial charge is 0.417 e. The summed E-state index contributed by atoms with van der Waals surface area (Å²) in [5.74, 6) is -9.89. The Kier molecular flexibility index (Phi) is 64.8. The normalized spacial score (nSPS) is 12.8. The molecule has 0 aliphatic heterocycles. The molecule has 0 aromatic heterocycles. The Morgan fingerprint density at radius 3 is 1.03 bits per heavy atom. The summed E-state index contributed by atoms with van der Waals surface area (Å²) in [5.41, 5.74) is 6.32. The minimum atomic E-state index is -3.98. The van der Waals surface area contributed by atoms with Crippen LogP contribution in [0.25, 0.3) is 0 Å². The SMILES string of the molecule is C=CC([C@H](CC)OCc1ccccc1)C(F)(F)C(=O)OCC.CCOC(=O)/C=C/[C@H](CC)OCc1ccccc1.CCOC(=O)/C=C/[C@H](CC)OCc1ccccc1.CCOC(=O)CP(=O)(OCC)OCC.CC[C@@H](/C=C/COC(=O)C(F)(F)Cl)OCc1ccccc1.CC[C@@H](C=O)OCc1ccccc1.CC[C@H](OCc1ccccc1)C(=O)OC. The van der Waals surface area contributed by atoms with Gasteiger partial charge in [0, 0.05) is 12.2 Å². The highest BCUT2D eigenvalue weighted by Crippen LogP contribution is 2.47. The van der Waals surface area contributed by atoms with E-state index in [2.05, 4.69) is 37.1 Å². The average molecular weight is 1740 g/mol. The van der Waals surface area contributed by atoms with Crippen LogP contribution in [0, 0.1) is 5.92 Å². The molecule has 0 saturated carbocycles. The predicted molar refractivity (Wildman–Crippen MR) is 460 cm³/mol. The van der Waals surface area contributed by atoms with E-state index in [4.69, 9.17) is 46.9 Å². The lowest BCUT2D eigenvalue weighted by Gasteiger charge is -2.29. The lowest BCUT2D eigenvalue weighted by molar-refractivity contribution is -0.185. The van der Waals surface area contributed by atoms with Gasteiger partial charge in [0.1, 0.15) is 25.2 Å². The molecule has 0 N–H and O–H groups in total. The largest absolute Gasteiger partial charge is 0.467 e. The van der Waals surface area contributed by atoms with E-state index >= 15 is 0 Å². The van der Waals surface area contributed by atoms with Crippen molar-refractivity contribution in [2.24, 2.45) is 5.92 Å². The quantitative estimate of drug-likeness (QED) is 0.00502. The molecule has 6 aromatic rings. The van der Waals surface area contributed by atoms with Crippen LogP contribution in [0.15, 0.2) is 231 Å². The van der Waals surface area contributed by atoms with Gasteiger partial charge >= 0.3 is 54.7 Å². The van der Waals surface area contributed by atoms with Crippen molar-refractivity contribution >= 4 is 61.3 Å². The molecule has 22 nitrogen and oxygen atoms in total. The predicted octanol–water partition coefficient (Wildman–Crippen LogP) is 20.2. The first-order valence-corrected chi connectivity index (χ1v) is 42.5. The molecule has 121 heavy (non-hydrogen) atoms. The van der Waals surface area contributed by atoms with Gasteiger partial charge in [-0.3, -0.25) is 9.36 Å². The Balaban J connectivity index is 0.00000140. The maximum Gasteiger partial charge on any atom is 0.417 e. The summed E-state index contributed by atoms with van der Waals surface area (Å²) in [7, 11) is -1.91. The molecular weight excluding hydrogens is 1610 g/mol. The number of methoxy groups -OCH3 is 1. The maximum absolute atomic E-state index is 14.2. The number of carbonyl (C=O) groups excluding carboxylic acids is 7. The minimum Gasteiger partial charge on any atom is -0.467 e. The van der Waals surface area contributed by atoms with E-state index in [9.17, 15) is 55.7 Å². The van der Waals surface area contributed by atoms with E-state index in [1.54, 1.807) is 59.8 Å². The number of halogens is 5. The molecule has 0 aliphatic carbocycles.